The number of carboxylic acid groups (broad SMARTS) is 1. The van der Waals surface area contributed by atoms with Crippen LogP contribution in [0.1, 0.15) is 10.4 Å². The van der Waals surface area contributed by atoms with Crippen molar-refractivity contribution < 1.29 is 27.4 Å². The molecule has 0 aliphatic carbocycles. The Morgan fingerprint density at radius 3 is 1.95 bits per heavy atom. The average Bonchev–Trinajstić information content (AvgIpc) is 2.26. The van der Waals surface area contributed by atoms with Gasteiger partial charge in [-0.25, -0.2) is 4.79 Å². The number of carboxylic acids is 1. The molecule has 0 atom stereocenters. The minimum absolute atomic E-state index is 0. The summed E-state index contributed by atoms with van der Waals surface area (Å²) in [6.45, 7) is 0. The summed E-state index contributed by atoms with van der Waals surface area (Å²) in [5.41, 5.74) is 0.359. The summed E-state index contributed by atoms with van der Waals surface area (Å²) < 4.78 is 31.6. The van der Waals surface area contributed by atoms with E-state index < -0.39 is 16.4 Å². The van der Waals surface area contributed by atoms with E-state index in [-0.39, 0.29) is 29.6 Å². The zero-order chi connectivity index (χ0) is 13.8. The summed E-state index contributed by atoms with van der Waals surface area (Å²) in [4.78, 5) is 10.8. The molecule has 0 heterocycles. The minimum atomic E-state index is -4.67. The van der Waals surface area contributed by atoms with E-state index in [0.29, 0.717) is 5.56 Å². The van der Waals surface area contributed by atoms with Gasteiger partial charge >= 0.3 is 45.9 Å². The molecule has 0 aromatic heterocycles. The van der Waals surface area contributed by atoms with Crippen LogP contribution in [-0.4, -0.2) is 58.2 Å². The standard InChI is InChI=1S/C11H8O2.Na.H2O4S.H/c12-11(13)10-7-3-5-8-4-1-2-6-9(8)10;;1-5(2,3)4;/h1-7H,(H,12,13);;(H2,1,2,3,4);. The van der Waals surface area contributed by atoms with Gasteiger partial charge in [-0.1, -0.05) is 36.4 Å². The van der Waals surface area contributed by atoms with Gasteiger partial charge in [0.1, 0.15) is 0 Å². The first-order valence-corrected chi connectivity index (χ1v) is 6.09. The number of hydrogen-bond acceptors (Lipinski definition) is 3. The molecule has 6 nitrogen and oxygen atoms in total. The molecule has 0 aliphatic heterocycles. The molecule has 0 spiro atoms. The molecule has 3 N–H and O–H groups in total. The number of fused-ring (bicyclic) bond motifs is 1. The van der Waals surface area contributed by atoms with Crippen LogP contribution in [0, 0.1) is 0 Å². The Bertz CT molecular complexity index is 654. The zero-order valence-corrected chi connectivity index (χ0v) is 9.83. The van der Waals surface area contributed by atoms with Crippen LogP contribution in [-0.2, 0) is 10.4 Å². The Morgan fingerprint density at radius 2 is 1.42 bits per heavy atom. The number of rotatable bonds is 1. The molecule has 2 rings (SSSR count). The number of benzene rings is 2. The summed E-state index contributed by atoms with van der Waals surface area (Å²) in [6.07, 6.45) is 0. The summed E-state index contributed by atoms with van der Waals surface area (Å²) >= 11 is 0. The van der Waals surface area contributed by atoms with Crippen LogP contribution >= 0.6 is 0 Å². The fourth-order valence-electron chi connectivity index (χ4n) is 1.41. The molecule has 8 heteroatoms. The van der Waals surface area contributed by atoms with Crippen molar-refractivity contribution in [3.63, 3.8) is 0 Å². The molecule has 0 amide bonds. The quantitative estimate of drug-likeness (QED) is 0.539. The van der Waals surface area contributed by atoms with Crippen LogP contribution in [0.25, 0.3) is 10.8 Å². The van der Waals surface area contributed by atoms with Crippen molar-refractivity contribution >= 4 is 56.7 Å². The summed E-state index contributed by atoms with van der Waals surface area (Å²) in [7, 11) is -4.67. The van der Waals surface area contributed by atoms with Crippen LogP contribution in [0.3, 0.4) is 0 Å². The van der Waals surface area contributed by atoms with E-state index in [4.69, 9.17) is 22.6 Å². The van der Waals surface area contributed by atoms with Gasteiger partial charge in [0.2, 0.25) is 0 Å². The Morgan fingerprint density at radius 1 is 0.947 bits per heavy atom. The predicted molar refractivity (Wildman–Crippen MR) is 72.2 cm³/mol. The van der Waals surface area contributed by atoms with Crippen molar-refractivity contribution in [2.75, 3.05) is 0 Å². The van der Waals surface area contributed by atoms with Gasteiger partial charge < -0.3 is 5.11 Å². The Labute approximate surface area is 131 Å². The molecule has 98 valence electrons. The third kappa shape index (κ3) is 6.67. The third-order valence-electron chi connectivity index (χ3n) is 2.02. The molecule has 0 saturated carbocycles. The van der Waals surface area contributed by atoms with Crippen LogP contribution < -0.4 is 0 Å². The maximum absolute atomic E-state index is 10.8. The summed E-state index contributed by atoms with van der Waals surface area (Å²) in [6, 6.07) is 12.7. The van der Waals surface area contributed by atoms with Crippen molar-refractivity contribution in [2.45, 2.75) is 0 Å². The first-order chi connectivity index (χ1) is 8.29. The van der Waals surface area contributed by atoms with Gasteiger partial charge in [-0.15, -0.1) is 0 Å². The number of hydrogen-bond donors (Lipinski definition) is 3. The van der Waals surface area contributed by atoms with Crippen LogP contribution in [0.4, 0.5) is 0 Å². The van der Waals surface area contributed by atoms with E-state index in [9.17, 15) is 4.79 Å². The summed E-state index contributed by atoms with van der Waals surface area (Å²) in [5, 5.41) is 10.6. The maximum atomic E-state index is 10.8. The first kappa shape index (κ1) is 18.0. The van der Waals surface area contributed by atoms with Crippen molar-refractivity contribution in [2.24, 2.45) is 0 Å². The van der Waals surface area contributed by atoms with E-state index in [1.165, 1.54) is 0 Å². The van der Waals surface area contributed by atoms with Crippen molar-refractivity contribution in [1.82, 2.24) is 0 Å². The molecule has 2 aromatic carbocycles. The topological polar surface area (TPSA) is 112 Å². The van der Waals surface area contributed by atoms with Gasteiger partial charge in [0.25, 0.3) is 0 Å². The van der Waals surface area contributed by atoms with Gasteiger partial charge in [-0.3, -0.25) is 9.11 Å². The van der Waals surface area contributed by atoms with E-state index in [0.717, 1.165) is 10.8 Å². The summed E-state index contributed by atoms with van der Waals surface area (Å²) in [5.74, 6) is -0.878. The SMILES string of the molecule is O=C(O)c1cccc2ccccc12.O=S(=O)(O)O.[NaH]. The third-order valence-corrected chi connectivity index (χ3v) is 2.02. The number of carbonyl (C=O) groups is 1. The zero-order valence-electron chi connectivity index (χ0n) is 9.02. The van der Waals surface area contributed by atoms with Gasteiger partial charge in [-0.2, -0.15) is 8.42 Å². The van der Waals surface area contributed by atoms with Gasteiger partial charge in [0, 0.05) is 0 Å². The second kappa shape index (κ2) is 7.59. The van der Waals surface area contributed by atoms with Crippen LogP contribution in [0.15, 0.2) is 42.5 Å². The fourth-order valence-corrected chi connectivity index (χ4v) is 1.41. The molecular formula is C11H11NaO6S. The van der Waals surface area contributed by atoms with E-state index in [1.54, 1.807) is 12.1 Å². The second-order valence-corrected chi connectivity index (χ2v) is 4.18. The molecule has 0 unspecified atom stereocenters. The fraction of sp³-hybridized carbons (Fsp3) is 0. The number of aromatic carboxylic acids is 1. The Hall–Kier alpha value is -0.960. The Balaban J connectivity index is 0.000000471. The first-order valence-electron chi connectivity index (χ1n) is 4.70. The molecule has 2 aromatic rings. The monoisotopic (exact) mass is 294 g/mol. The van der Waals surface area contributed by atoms with E-state index in [2.05, 4.69) is 0 Å². The van der Waals surface area contributed by atoms with E-state index >= 15 is 0 Å². The van der Waals surface area contributed by atoms with Crippen molar-refractivity contribution in [3.05, 3.63) is 48.0 Å². The van der Waals surface area contributed by atoms with Gasteiger partial charge in [0.05, 0.1) is 5.56 Å². The predicted octanol–water partition coefficient (Wildman–Crippen LogP) is 1.24. The molecule has 0 radical (unpaired) electrons. The van der Waals surface area contributed by atoms with Crippen molar-refractivity contribution in [3.8, 4) is 0 Å². The molecule has 0 bridgehead atoms. The molecular weight excluding hydrogens is 283 g/mol. The Kier molecular flexibility index (Phi) is 7.20. The molecule has 19 heavy (non-hydrogen) atoms. The second-order valence-electron chi connectivity index (χ2n) is 3.28. The van der Waals surface area contributed by atoms with Gasteiger partial charge in [-0.05, 0) is 16.8 Å². The average molecular weight is 294 g/mol. The van der Waals surface area contributed by atoms with E-state index in [1.807, 2.05) is 30.3 Å². The van der Waals surface area contributed by atoms with Crippen LogP contribution in [0.2, 0.25) is 0 Å². The van der Waals surface area contributed by atoms with Gasteiger partial charge in [0.15, 0.2) is 0 Å². The molecule has 0 aliphatic rings. The molecule has 0 fully saturated rings. The van der Waals surface area contributed by atoms with Crippen molar-refractivity contribution in [1.29, 1.82) is 0 Å². The molecule has 0 saturated heterocycles. The normalized spacial score (nSPS) is 10.0. The van der Waals surface area contributed by atoms with Crippen LogP contribution in [0.5, 0.6) is 0 Å².